The number of aliphatic hydroxyl groups excluding tert-OH is 1. The van der Waals surface area contributed by atoms with E-state index in [0.717, 1.165) is 31.6 Å². The van der Waals surface area contributed by atoms with Crippen LogP contribution in [-0.2, 0) is 12.3 Å². The number of piperidine rings is 1. The number of hydrogen-bond donors (Lipinski definition) is 1. The van der Waals surface area contributed by atoms with Gasteiger partial charge in [-0.3, -0.25) is 4.90 Å². The highest BCUT2D eigenvalue weighted by molar-refractivity contribution is 7.98. The molecule has 2 rings (SSSR count). The minimum atomic E-state index is -2.36. The average molecular weight is 305 g/mol. The number of alkyl halides is 2. The van der Waals surface area contributed by atoms with Crippen molar-refractivity contribution in [2.45, 2.75) is 49.8 Å². The van der Waals surface area contributed by atoms with Gasteiger partial charge in [0.05, 0.1) is 12.3 Å². The van der Waals surface area contributed by atoms with E-state index in [-0.39, 0.29) is 12.4 Å². The Balaban J connectivity index is 1.88. The molecule has 0 spiro atoms. The second kappa shape index (κ2) is 8.00. The fourth-order valence-corrected chi connectivity index (χ4v) is 3.12. The second-order valence-electron chi connectivity index (χ2n) is 5.07. The summed E-state index contributed by atoms with van der Waals surface area (Å²) >= 11 is 0.579. The third-order valence-corrected chi connectivity index (χ3v) is 4.34. The predicted octanol–water partition coefficient (Wildman–Crippen LogP) is 3.47. The van der Waals surface area contributed by atoms with Crippen molar-refractivity contribution >= 4 is 11.8 Å². The molecular formula is C14H21F2NO2S. The summed E-state index contributed by atoms with van der Waals surface area (Å²) in [4.78, 5) is 2.32. The van der Waals surface area contributed by atoms with Crippen LogP contribution in [0.2, 0.25) is 0 Å². The van der Waals surface area contributed by atoms with Gasteiger partial charge in [0.2, 0.25) is 0 Å². The summed E-state index contributed by atoms with van der Waals surface area (Å²) in [5, 5.41) is 9.10. The maximum absolute atomic E-state index is 12.1. The van der Waals surface area contributed by atoms with Crippen molar-refractivity contribution in [1.82, 2.24) is 4.90 Å². The van der Waals surface area contributed by atoms with Crippen molar-refractivity contribution in [2.24, 2.45) is 0 Å². The Hall–Kier alpha value is -0.590. The molecule has 1 atom stereocenters. The van der Waals surface area contributed by atoms with E-state index >= 15 is 0 Å². The van der Waals surface area contributed by atoms with Crippen molar-refractivity contribution < 1.29 is 18.3 Å². The van der Waals surface area contributed by atoms with Crippen molar-refractivity contribution in [2.75, 3.05) is 13.2 Å². The Bertz CT molecular complexity index is 398. The molecule has 20 heavy (non-hydrogen) atoms. The molecule has 0 aliphatic carbocycles. The van der Waals surface area contributed by atoms with Gasteiger partial charge in [0.1, 0.15) is 11.5 Å². The summed E-state index contributed by atoms with van der Waals surface area (Å²) < 4.78 is 29.9. The number of halogens is 2. The lowest BCUT2D eigenvalue weighted by atomic mass is 9.99. The first kappa shape index (κ1) is 15.8. The molecule has 1 fully saturated rings. The Morgan fingerprint density at radius 2 is 2.15 bits per heavy atom. The van der Waals surface area contributed by atoms with Crippen LogP contribution in [0.4, 0.5) is 8.78 Å². The maximum Gasteiger partial charge on any atom is 0.284 e. The molecule has 114 valence electrons. The van der Waals surface area contributed by atoms with E-state index < -0.39 is 5.76 Å². The number of furan rings is 1. The number of aliphatic hydroxyl groups is 1. The molecule has 0 aromatic carbocycles. The topological polar surface area (TPSA) is 36.6 Å². The number of likely N-dealkylation sites (tertiary alicyclic amines) is 1. The fourth-order valence-electron chi connectivity index (χ4n) is 2.67. The largest absolute Gasteiger partial charge is 0.464 e. The van der Waals surface area contributed by atoms with Crippen LogP contribution in [0.25, 0.3) is 0 Å². The average Bonchev–Trinajstić information content (AvgIpc) is 2.87. The van der Waals surface area contributed by atoms with E-state index in [9.17, 15) is 8.78 Å². The summed E-state index contributed by atoms with van der Waals surface area (Å²) in [5.41, 5.74) is 0. The minimum Gasteiger partial charge on any atom is -0.464 e. The highest BCUT2D eigenvalue weighted by Crippen LogP contribution is 2.24. The quantitative estimate of drug-likeness (QED) is 0.837. The lowest BCUT2D eigenvalue weighted by molar-refractivity contribution is 0.104. The maximum atomic E-state index is 12.1. The van der Waals surface area contributed by atoms with E-state index in [4.69, 9.17) is 9.52 Å². The van der Waals surface area contributed by atoms with Crippen LogP contribution in [0.1, 0.15) is 37.2 Å². The Kier molecular flexibility index (Phi) is 6.32. The van der Waals surface area contributed by atoms with Gasteiger partial charge in [-0.2, -0.15) is 8.78 Å². The number of rotatable bonds is 7. The molecular weight excluding hydrogens is 284 g/mol. The number of thioether (sulfide) groups is 1. The first-order valence-corrected chi connectivity index (χ1v) is 8.06. The highest BCUT2D eigenvalue weighted by Gasteiger charge is 2.22. The SMILES string of the molecule is OCCC1CCCCN1Cc1ccc(CSC(F)F)o1. The molecule has 1 saturated heterocycles. The summed E-state index contributed by atoms with van der Waals surface area (Å²) in [7, 11) is 0. The summed E-state index contributed by atoms with van der Waals surface area (Å²) in [6.45, 7) is 1.91. The summed E-state index contributed by atoms with van der Waals surface area (Å²) in [6.07, 6.45) is 4.26. The van der Waals surface area contributed by atoms with Crippen LogP contribution in [0.5, 0.6) is 0 Å². The van der Waals surface area contributed by atoms with Crippen molar-refractivity contribution in [3.05, 3.63) is 23.7 Å². The minimum absolute atomic E-state index is 0.204. The van der Waals surface area contributed by atoms with Gasteiger partial charge in [0.25, 0.3) is 5.76 Å². The van der Waals surface area contributed by atoms with E-state index in [1.165, 1.54) is 6.42 Å². The Morgan fingerprint density at radius 3 is 2.90 bits per heavy atom. The molecule has 3 nitrogen and oxygen atoms in total. The van der Waals surface area contributed by atoms with Crippen LogP contribution >= 0.6 is 11.8 Å². The third-order valence-electron chi connectivity index (χ3n) is 3.64. The van der Waals surface area contributed by atoms with Crippen LogP contribution < -0.4 is 0 Å². The normalized spacial score (nSPS) is 20.7. The fraction of sp³-hybridized carbons (Fsp3) is 0.714. The van der Waals surface area contributed by atoms with E-state index in [1.807, 2.05) is 6.07 Å². The van der Waals surface area contributed by atoms with Crippen LogP contribution in [0, 0.1) is 0 Å². The molecule has 1 aromatic rings. The van der Waals surface area contributed by atoms with Crippen LogP contribution in [0.15, 0.2) is 16.5 Å². The van der Waals surface area contributed by atoms with Gasteiger partial charge in [-0.1, -0.05) is 18.2 Å². The molecule has 6 heteroatoms. The second-order valence-corrected chi connectivity index (χ2v) is 6.05. The van der Waals surface area contributed by atoms with Crippen LogP contribution in [0.3, 0.4) is 0 Å². The third kappa shape index (κ3) is 4.75. The van der Waals surface area contributed by atoms with E-state index in [2.05, 4.69) is 4.90 Å². The van der Waals surface area contributed by atoms with Gasteiger partial charge < -0.3 is 9.52 Å². The molecule has 1 aliphatic heterocycles. The zero-order valence-corrected chi connectivity index (χ0v) is 12.2. The number of nitrogens with zero attached hydrogens (tertiary/aromatic N) is 1. The lowest BCUT2D eigenvalue weighted by Gasteiger charge is -2.34. The van der Waals surface area contributed by atoms with Crippen molar-refractivity contribution in [1.29, 1.82) is 0 Å². The van der Waals surface area contributed by atoms with Crippen molar-refractivity contribution in [3.63, 3.8) is 0 Å². The zero-order chi connectivity index (χ0) is 14.4. The molecule has 2 heterocycles. The molecule has 0 radical (unpaired) electrons. The summed E-state index contributed by atoms with van der Waals surface area (Å²) in [6, 6.07) is 4.04. The molecule has 1 aromatic heterocycles. The molecule has 1 unspecified atom stereocenters. The Labute approximate surface area is 122 Å². The number of hydrogen-bond acceptors (Lipinski definition) is 4. The predicted molar refractivity (Wildman–Crippen MR) is 75.8 cm³/mol. The molecule has 0 saturated carbocycles. The van der Waals surface area contributed by atoms with Gasteiger partial charge in [-0.15, -0.1) is 0 Å². The van der Waals surface area contributed by atoms with E-state index in [0.29, 0.717) is 30.1 Å². The monoisotopic (exact) mass is 305 g/mol. The van der Waals surface area contributed by atoms with Gasteiger partial charge in [-0.25, -0.2) is 0 Å². The summed E-state index contributed by atoms with van der Waals surface area (Å²) in [5.74, 6) is -0.738. The zero-order valence-electron chi connectivity index (χ0n) is 11.4. The molecule has 1 N–H and O–H groups in total. The molecule has 0 amide bonds. The van der Waals surface area contributed by atoms with Gasteiger partial charge in [0.15, 0.2) is 0 Å². The first-order chi connectivity index (χ1) is 9.69. The van der Waals surface area contributed by atoms with Crippen LogP contribution in [-0.4, -0.2) is 35.0 Å². The van der Waals surface area contributed by atoms with Gasteiger partial charge >= 0.3 is 0 Å². The molecule has 0 bridgehead atoms. The highest BCUT2D eigenvalue weighted by atomic mass is 32.2. The van der Waals surface area contributed by atoms with Gasteiger partial charge in [-0.05, 0) is 37.9 Å². The van der Waals surface area contributed by atoms with Crippen molar-refractivity contribution in [3.8, 4) is 0 Å². The van der Waals surface area contributed by atoms with E-state index in [1.54, 1.807) is 6.07 Å². The molecule has 1 aliphatic rings. The van der Waals surface area contributed by atoms with Gasteiger partial charge in [0, 0.05) is 12.6 Å². The smallest absolute Gasteiger partial charge is 0.284 e. The lowest BCUT2D eigenvalue weighted by Crippen LogP contribution is -2.39. The Morgan fingerprint density at radius 1 is 1.35 bits per heavy atom. The first-order valence-electron chi connectivity index (χ1n) is 7.01. The standard InChI is InChI=1S/C14H21F2NO2S/c15-14(16)20-10-13-5-4-12(19-13)9-17-7-2-1-3-11(17)6-8-18/h4-5,11,14,18H,1-3,6-10H2.